The summed E-state index contributed by atoms with van der Waals surface area (Å²) in [5.74, 6) is -0.0635. The molecule has 0 heterocycles. The van der Waals surface area contributed by atoms with E-state index in [9.17, 15) is 4.39 Å². The molecule has 1 saturated carbocycles. The minimum Gasteiger partial charge on any atom is -0.310 e. The highest BCUT2D eigenvalue weighted by molar-refractivity contribution is 5.30. The summed E-state index contributed by atoms with van der Waals surface area (Å²) < 4.78 is 13.5. The molecule has 1 aromatic rings. The van der Waals surface area contributed by atoms with Gasteiger partial charge in [-0.05, 0) is 43.4 Å². The fourth-order valence-corrected chi connectivity index (χ4v) is 2.71. The maximum Gasteiger partial charge on any atom is 0.129 e. The summed E-state index contributed by atoms with van der Waals surface area (Å²) in [6.45, 7) is 4.55. The van der Waals surface area contributed by atoms with Crippen molar-refractivity contribution < 1.29 is 4.39 Å². The van der Waals surface area contributed by atoms with Crippen LogP contribution in [-0.4, -0.2) is 6.04 Å². The maximum absolute atomic E-state index is 13.5. The molecule has 0 radical (unpaired) electrons. The van der Waals surface area contributed by atoms with Gasteiger partial charge in [-0.1, -0.05) is 31.4 Å². The average Bonchev–Trinajstić information content (AvgIpc) is 2.34. The minimum absolute atomic E-state index is 0.0635. The molecule has 2 rings (SSSR count). The molecule has 1 nitrogen and oxygen atoms in total. The molecular formula is C15H22FN. The first-order chi connectivity index (χ1) is 8.16. The topological polar surface area (TPSA) is 12.0 Å². The van der Waals surface area contributed by atoms with Gasteiger partial charge in [-0.25, -0.2) is 4.39 Å². The molecule has 0 amide bonds. The Hall–Kier alpha value is -0.890. The fraction of sp³-hybridized carbons (Fsp3) is 0.600. The van der Waals surface area contributed by atoms with Crippen molar-refractivity contribution in [3.8, 4) is 0 Å². The Kier molecular flexibility index (Phi) is 4.16. The fourth-order valence-electron chi connectivity index (χ4n) is 2.71. The second-order valence-corrected chi connectivity index (χ2v) is 5.26. The summed E-state index contributed by atoms with van der Waals surface area (Å²) in [5, 5.41) is 3.59. The highest BCUT2D eigenvalue weighted by Crippen LogP contribution is 2.19. The molecule has 1 aromatic carbocycles. The molecule has 1 N–H and O–H groups in total. The van der Waals surface area contributed by atoms with E-state index in [0.717, 1.165) is 17.7 Å². The summed E-state index contributed by atoms with van der Waals surface area (Å²) in [7, 11) is 0. The largest absolute Gasteiger partial charge is 0.310 e. The molecule has 0 aliphatic heterocycles. The summed E-state index contributed by atoms with van der Waals surface area (Å²) in [4.78, 5) is 0. The van der Waals surface area contributed by atoms with Gasteiger partial charge >= 0.3 is 0 Å². The van der Waals surface area contributed by atoms with Crippen LogP contribution in [0.25, 0.3) is 0 Å². The van der Waals surface area contributed by atoms with E-state index in [-0.39, 0.29) is 5.82 Å². The number of hydrogen-bond acceptors (Lipinski definition) is 1. The second kappa shape index (κ2) is 5.63. The molecule has 0 unspecified atom stereocenters. The van der Waals surface area contributed by atoms with E-state index >= 15 is 0 Å². The summed E-state index contributed by atoms with van der Waals surface area (Å²) in [6, 6.07) is 4.57. The second-order valence-electron chi connectivity index (χ2n) is 5.26. The van der Waals surface area contributed by atoms with Crippen LogP contribution in [0.4, 0.5) is 4.39 Å². The minimum atomic E-state index is -0.0635. The molecule has 17 heavy (non-hydrogen) atoms. The Labute approximate surface area is 103 Å². The molecule has 94 valence electrons. The Morgan fingerprint density at radius 3 is 2.29 bits per heavy atom. The van der Waals surface area contributed by atoms with Crippen molar-refractivity contribution in [3.63, 3.8) is 0 Å². The Morgan fingerprint density at radius 2 is 1.71 bits per heavy atom. The molecule has 0 spiro atoms. The van der Waals surface area contributed by atoms with Crippen LogP contribution in [0.2, 0.25) is 0 Å². The zero-order chi connectivity index (χ0) is 12.3. The number of benzene rings is 1. The van der Waals surface area contributed by atoms with E-state index in [1.807, 2.05) is 26.0 Å². The highest BCUT2D eigenvalue weighted by atomic mass is 19.1. The van der Waals surface area contributed by atoms with Crippen LogP contribution in [0.5, 0.6) is 0 Å². The normalized spacial score (nSPS) is 17.4. The molecule has 0 bridgehead atoms. The van der Waals surface area contributed by atoms with Crippen molar-refractivity contribution >= 4 is 0 Å². The number of rotatable bonds is 3. The lowest BCUT2D eigenvalue weighted by Crippen LogP contribution is -2.30. The van der Waals surface area contributed by atoms with Gasteiger partial charge in [0.05, 0.1) is 0 Å². The number of nitrogens with one attached hydrogen (secondary N) is 1. The number of aryl methyl sites for hydroxylation is 2. The Morgan fingerprint density at radius 1 is 1.12 bits per heavy atom. The lowest BCUT2D eigenvalue weighted by molar-refractivity contribution is 0.372. The smallest absolute Gasteiger partial charge is 0.129 e. The molecule has 1 fully saturated rings. The Balaban J connectivity index is 1.94. The SMILES string of the molecule is Cc1cc(CNC2CCCCC2)cc(C)c1F. The summed E-state index contributed by atoms with van der Waals surface area (Å²) in [5.41, 5.74) is 2.71. The van der Waals surface area contributed by atoms with Crippen LogP contribution in [0, 0.1) is 19.7 Å². The highest BCUT2D eigenvalue weighted by Gasteiger charge is 2.12. The van der Waals surface area contributed by atoms with Gasteiger partial charge in [-0.3, -0.25) is 0 Å². The van der Waals surface area contributed by atoms with Crippen molar-refractivity contribution in [2.75, 3.05) is 0 Å². The lowest BCUT2D eigenvalue weighted by atomic mass is 9.95. The van der Waals surface area contributed by atoms with Gasteiger partial charge in [0.15, 0.2) is 0 Å². The van der Waals surface area contributed by atoms with Crippen LogP contribution >= 0.6 is 0 Å². The molecule has 2 heteroatoms. The van der Waals surface area contributed by atoms with Gasteiger partial charge < -0.3 is 5.32 Å². The molecule has 0 atom stereocenters. The average molecular weight is 235 g/mol. The van der Waals surface area contributed by atoms with E-state index in [4.69, 9.17) is 0 Å². The monoisotopic (exact) mass is 235 g/mol. The van der Waals surface area contributed by atoms with Gasteiger partial charge in [0.2, 0.25) is 0 Å². The first-order valence-electron chi connectivity index (χ1n) is 6.66. The van der Waals surface area contributed by atoms with Crippen LogP contribution in [-0.2, 0) is 6.54 Å². The zero-order valence-corrected chi connectivity index (χ0v) is 10.9. The van der Waals surface area contributed by atoms with E-state index in [1.54, 1.807) is 0 Å². The van der Waals surface area contributed by atoms with Crippen LogP contribution < -0.4 is 5.32 Å². The first-order valence-corrected chi connectivity index (χ1v) is 6.66. The van der Waals surface area contributed by atoms with Crippen molar-refractivity contribution in [1.29, 1.82) is 0 Å². The van der Waals surface area contributed by atoms with E-state index in [0.29, 0.717) is 6.04 Å². The number of hydrogen-bond donors (Lipinski definition) is 1. The molecule has 0 aromatic heterocycles. The third-order valence-electron chi connectivity index (χ3n) is 3.70. The lowest BCUT2D eigenvalue weighted by Gasteiger charge is -2.23. The molecule has 1 aliphatic carbocycles. The predicted molar refractivity (Wildman–Crippen MR) is 69.6 cm³/mol. The van der Waals surface area contributed by atoms with Crippen LogP contribution in [0.15, 0.2) is 12.1 Å². The first kappa shape index (κ1) is 12.6. The molecule has 0 saturated heterocycles. The van der Waals surface area contributed by atoms with Crippen molar-refractivity contribution in [2.45, 2.75) is 58.5 Å². The van der Waals surface area contributed by atoms with E-state index in [1.165, 1.54) is 37.7 Å². The van der Waals surface area contributed by atoms with E-state index in [2.05, 4.69) is 5.32 Å². The van der Waals surface area contributed by atoms with Gasteiger partial charge in [-0.15, -0.1) is 0 Å². The van der Waals surface area contributed by atoms with Crippen molar-refractivity contribution in [2.24, 2.45) is 0 Å². The Bertz CT molecular complexity index is 358. The standard InChI is InChI=1S/C15H22FN/c1-11-8-13(9-12(2)15(11)16)10-17-14-6-4-3-5-7-14/h8-9,14,17H,3-7,10H2,1-2H3. The molecular weight excluding hydrogens is 213 g/mol. The molecule has 1 aliphatic rings. The van der Waals surface area contributed by atoms with Crippen LogP contribution in [0.1, 0.15) is 48.8 Å². The zero-order valence-electron chi connectivity index (χ0n) is 10.9. The van der Waals surface area contributed by atoms with Gasteiger partial charge in [0.25, 0.3) is 0 Å². The maximum atomic E-state index is 13.5. The van der Waals surface area contributed by atoms with Gasteiger partial charge in [0.1, 0.15) is 5.82 Å². The van der Waals surface area contributed by atoms with E-state index < -0.39 is 0 Å². The third kappa shape index (κ3) is 3.29. The quantitative estimate of drug-likeness (QED) is 0.838. The summed E-state index contributed by atoms with van der Waals surface area (Å²) in [6.07, 6.45) is 6.66. The predicted octanol–water partition coefficient (Wildman–Crippen LogP) is 3.86. The number of halogens is 1. The van der Waals surface area contributed by atoms with Crippen molar-refractivity contribution in [3.05, 3.63) is 34.6 Å². The van der Waals surface area contributed by atoms with Gasteiger partial charge in [0, 0.05) is 12.6 Å². The summed E-state index contributed by atoms with van der Waals surface area (Å²) >= 11 is 0. The third-order valence-corrected chi connectivity index (χ3v) is 3.70. The van der Waals surface area contributed by atoms with Crippen molar-refractivity contribution in [1.82, 2.24) is 5.32 Å². The van der Waals surface area contributed by atoms with Gasteiger partial charge in [-0.2, -0.15) is 0 Å². The van der Waals surface area contributed by atoms with Crippen LogP contribution in [0.3, 0.4) is 0 Å².